The van der Waals surface area contributed by atoms with E-state index in [1.165, 1.54) is 11.3 Å². The number of amides is 1. The lowest BCUT2D eigenvalue weighted by Gasteiger charge is -2.00. The smallest absolute Gasteiger partial charge is 0.263 e. The predicted octanol–water partition coefficient (Wildman–Crippen LogP) is 1.55. The fourth-order valence-corrected chi connectivity index (χ4v) is 2.39. The molecule has 2 heterocycles. The molecule has 0 aromatic carbocycles. The molecule has 0 bridgehead atoms. The number of thiophene rings is 1. The Labute approximate surface area is 119 Å². The maximum Gasteiger partial charge on any atom is 0.263 e. The number of anilines is 2. The minimum atomic E-state index is -0.212. The molecule has 2 aromatic heterocycles. The van der Waals surface area contributed by atoms with Gasteiger partial charge in [0.05, 0.1) is 17.2 Å². The van der Waals surface area contributed by atoms with E-state index in [-0.39, 0.29) is 5.91 Å². The second-order valence-corrected chi connectivity index (χ2v) is 5.03. The molecule has 0 spiro atoms. The standard InChI is InChI=1S/C12H15N5O2S/c1-3-4-14-12(18)11-8(13)5-10(20-11)15-6-9-16-7(2)19-17-9/h3,5,15H,1,4,6,13H2,2H3,(H,14,18). The third-order valence-electron chi connectivity index (χ3n) is 2.36. The lowest BCUT2D eigenvalue weighted by Crippen LogP contribution is -2.22. The van der Waals surface area contributed by atoms with Crippen LogP contribution < -0.4 is 16.4 Å². The average Bonchev–Trinajstić information content (AvgIpc) is 2.99. The first-order valence-corrected chi connectivity index (χ1v) is 6.73. The van der Waals surface area contributed by atoms with E-state index >= 15 is 0 Å². The van der Waals surface area contributed by atoms with Crippen molar-refractivity contribution in [2.45, 2.75) is 13.5 Å². The first kappa shape index (κ1) is 14.1. The van der Waals surface area contributed by atoms with Gasteiger partial charge in [-0.1, -0.05) is 11.2 Å². The van der Waals surface area contributed by atoms with Crippen LogP contribution in [0.3, 0.4) is 0 Å². The summed E-state index contributed by atoms with van der Waals surface area (Å²) in [7, 11) is 0. The van der Waals surface area contributed by atoms with Crippen molar-refractivity contribution < 1.29 is 9.32 Å². The van der Waals surface area contributed by atoms with Gasteiger partial charge in [0.25, 0.3) is 5.91 Å². The van der Waals surface area contributed by atoms with Crippen LogP contribution in [0.1, 0.15) is 21.4 Å². The van der Waals surface area contributed by atoms with E-state index in [4.69, 9.17) is 10.3 Å². The fraction of sp³-hybridized carbons (Fsp3) is 0.250. The molecule has 0 saturated heterocycles. The molecule has 0 unspecified atom stereocenters. The Balaban J connectivity index is 1.99. The van der Waals surface area contributed by atoms with Crippen molar-refractivity contribution in [1.82, 2.24) is 15.5 Å². The van der Waals surface area contributed by atoms with Crippen molar-refractivity contribution in [2.75, 3.05) is 17.6 Å². The SMILES string of the molecule is C=CCNC(=O)c1sc(NCc2noc(C)n2)cc1N. The third-order valence-corrected chi connectivity index (χ3v) is 3.47. The summed E-state index contributed by atoms with van der Waals surface area (Å²) >= 11 is 1.28. The highest BCUT2D eigenvalue weighted by Gasteiger charge is 2.14. The molecule has 0 atom stereocenters. The highest BCUT2D eigenvalue weighted by atomic mass is 32.1. The summed E-state index contributed by atoms with van der Waals surface area (Å²) in [4.78, 5) is 16.4. The maximum atomic E-state index is 11.8. The Kier molecular flexibility index (Phi) is 4.36. The Morgan fingerprint density at radius 1 is 1.65 bits per heavy atom. The van der Waals surface area contributed by atoms with Gasteiger partial charge in [-0.2, -0.15) is 4.98 Å². The van der Waals surface area contributed by atoms with Crippen LogP contribution in [0.15, 0.2) is 23.2 Å². The van der Waals surface area contributed by atoms with Gasteiger partial charge < -0.3 is 20.9 Å². The summed E-state index contributed by atoms with van der Waals surface area (Å²) < 4.78 is 4.87. The molecule has 1 amide bonds. The summed E-state index contributed by atoms with van der Waals surface area (Å²) in [5, 5.41) is 10.3. The number of nitrogens with zero attached hydrogens (tertiary/aromatic N) is 2. The molecule has 0 saturated carbocycles. The van der Waals surface area contributed by atoms with Gasteiger partial charge in [-0.05, 0) is 6.07 Å². The number of nitrogens with two attached hydrogens (primary N) is 1. The highest BCUT2D eigenvalue weighted by Crippen LogP contribution is 2.29. The van der Waals surface area contributed by atoms with Crippen molar-refractivity contribution in [3.63, 3.8) is 0 Å². The van der Waals surface area contributed by atoms with Crippen molar-refractivity contribution in [1.29, 1.82) is 0 Å². The van der Waals surface area contributed by atoms with E-state index in [1.807, 2.05) is 0 Å². The number of aromatic nitrogens is 2. The number of hydrogen-bond donors (Lipinski definition) is 3. The summed E-state index contributed by atoms with van der Waals surface area (Å²) in [6, 6.07) is 1.71. The van der Waals surface area contributed by atoms with E-state index in [1.54, 1.807) is 19.1 Å². The lowest BCUT2D eigenvalue weighted by molar-refractivity contribution is 0.0963. The minimum absolute atomic E-state index is 0.212. The first-order chi connectivity index (χ1) is 9.60. The molecule has 4 N–H and O–H groups in total. The second kappa shape index (κ2) is 6.20. The number of aryl methyl sites for hydroxylation is 1. The molecule has 0 fully saturated rings. The number of carbonyl (C=O) groups excluding carboxylic acids is 1. The van der Waals surface area contributed by atoms with E-state index < -0.39 is 0 Å². The summed E-state index contributed by atoms with van der Waals surface area (Å²) in [5.41, 5.74) is 6.25. The van der Waals surface area contributed by atoms with Crippen LogP contribution in [0.2, 0.25) is 0 Å². The quantitative estimate of drug-likeness (QED) is 0.698. The van der Waals surface area contributed by atoms with E-state index in [0.29, 0.717) is 35.4 Å². The molecule has 0 radical (unpaired) electrons. The van der Waals surface area contributed by atoms with Gasteiger partial charge >= 0.3 is 0 Å². The fourth-order valence-electron chi connectivity index (χ4n) is 1.49. The molecule has 0 aliphatic carbocycles. The minimum Gasteiger partial charge on any atom is -0.397 e. The van der Waals surface area contributed by atoms with Crippen molar-refractivity contribution >= 4 is 27.9 Å². The van der Waals surface area contributed by atoms with Gasteiger partial charge in [-0.3, -0.25) is 4.79 Å². The van der Waals surface area contributed by atoms with E-state index in [2.05, 4.69) is 27.4 Å². The molecule has 0 aliphatic rings. The number of carbonyl (C=O) groups is 1. The van der Waals surface area contributed by atoms with Gasteiger partial charge in [-0.15, -0.1) is 17.9 Å². The van der Waals surface area contributed by atoms with Crippen LogP contribution in [0.4, 0.5) is 10.7 Å². The van der Waals surface area contributed by atoms with Crippen LogP contribution in [0.5, 0.6) is 0 Å². The Bertz CT molecular complexity index is 619. The van der Waals surface area contributed by atoms with E-state index in [9.17, 15) is 4.79 Å². The normalized spacial score (nSPS) is 10.2. The van der Waals surface area contributed by atoms with E-state index in [0.717, 1.165) is 5.00 Å². The summed E-state index contributed by atoms with van der Waals surface area (Å²) in [6.07, 6.45) is 1.61. The highest BCUT2D eigenvalue weighted by molar-refractivity contribution is 7.18. The van der Waals surface area contributed by atoms with Crippen LogP contribution in [0.25, 0.3) is 0 Å². The largest absolute Gasteiger partial charge is 0.397 e. The molecular weight excluding hydrogens is 278 g/mol. The molecule has 0 aliphatic heterocycles. The topological polar surface area (TPSA) is 106 Å². The lowest BCUT2D eigenvalue weighted by atomic mass is 10.3. The maximum absolute atomic E-state index is 11.8. The molecule has 8 heteroatoms. The summed E-state index contributed by atoms with van der Waals surface area (Å²) in [6.45, 7) is 6.08. The van der Waals surface area contributed by atoms with Crippen molar-refractivity contribution in [3.05, 3.63) is 35.3 Å². The van der Waals surface area contributed by atoms with Gasteiger partial charge in [0.1, 0.15) is 4.88 Å². The molecule has 106 valence electrons. The molecule has 2 rings (SSSR count). The summed E-state index contributed by atoms with van der Waals surface area (Å²) in [5.74, 6) is 0.847. The zero-order valence-electron chi connectivity index (χ0n) is 11.0. The van der Waals surface area contributed by atoms with Crippen molar-refractivity contribution in [2.24, 2.45) is 0 Å². The number of rotatable bonds is 6. The monoisotopic (exact) mass is 293 g/mol. The number of nitrogens with one attached hydrogen (secondary N) is 2. The van der Waals surface area contributed by atoms with Gasteiger partial charge in [0, 0.05) is 13.5 Å². The Hall–Kier alpha value is -2.35. The van der Waals surface area contributed by atoms with Crippen LogP contribution >= 0.6 is 11.3 Å². The Morgan fingerprint density at radius 3 is 3.10 bits per heavy atom. The van der Waals surface area contributed by atoms with Crippen LogP contribution in [-0.4, -0.2) is 22.6 Å². The first-order valence-electron chi connectivity index (χ1n) is 5.91. The third kappa shape index (κ3) is 3.35. The molecule has 2 aromatic rings. The zero-order valence-corrected chi connectivity index (χ0v) is 11.8. The molecule has 20 heavy (non-hydrogen) atoms. The van der Waals surface area contributed by atoms with Gasteiger partial charge in [0.2, 0.25) is 5.89 Å². The second-order valence-electron chi connectivity index (χ2n) is 3.98. The van der Waals surface area contributed by atoms with Crippen LogP contribution in [0, 0.1) is 6.92 Å². The molecular formula is C12H15N5O2S. The zero-order chi connectivity index (χ0) is 14.5. The van der Waals surface area contributed by atoms with Gasteiger partial charge in [0.15, 0.2) is 5.82 Å². The van der Waals surface area contributed by atoms with Crippen LogP contribution in [-0.2, 0) is 6.54 Å². The van der Waals surface area contributed by atoms with Gasteiger partial charge in [-0.25, -0.2) is 0 Å². The van der Waals surface area contributed by atoms with Crippen molar-refractivity contribution in [3.8, 4) is 0 Å². The molecule has 7 nitrogen and oxygen atoms in total. The predicted molar refractivity (Wildman–Crippen MR) is 77.6 cm³/mol. The average molecular weight is 293 g/mol. The number of hydrogen-bond acceptors (Lipinski definition) is 7. The number of nitrogen functional groups attached to an aromatic ring is 1. The Morgan fingerprint density at radius 2 is 2.45 bits per heavy atom.